The number of hydrogen-bond donors (Lipinski definition) is 1. The largest absolute Gasteiger partial charge is 0.507 e. The Hall–Kier alpha value is -3.35. The van der Waals surface area contributed by atoms with E-state index >= 15 is 0 Å². The highest BCUT2D eigenvalue weighted by Crippen LogP contribution is 2.34. The molecule has 2 rings (SSSR count). The highest BCUT2D eigenvalue weighted by Gasteiger charge is 2.18. The molecule has 7 nitrogen and oxygen atoms in total. The average molecular weight is 329 g/mol. The van der Waals surface area contributed by atoms with Gasteiger partial charge in [0.05, 0.1) is 24.7 Å². The lowest BCUT2D eigenvalue weighted by Crippen LogP contribution is -2.01. The van der Waals surface area contributed by atoms with E-state index in [2.05, 4.69) is 0 Å². The molecular weight excluding hydrogens is 314 g/mol. The van der Waals surface area contributed by atoms with Gasteiger partial charge in [-0.3, -0.25) is 14.9 Å². The highest BCUT2D eigenvalue weighted by atomic mass is 16.6. The minimum absolute atomic E-state index is 0.0480. The van der Waals surface area contributed by atoms with Gasteiger partial charge < -0.3 is 14.6 Å². The molecule has 1 N–H and O–H groups in total. The summed E-state index contributed by atoms with van der Waals surface area (Å²) in [6, 6.07) is 8.78. The smallest absolute Gasteiger partial charge is 0.276 e. The first-order valence-electron chi connectivity index (χ1n) is 6.88. The Morgan fingerprint density at radius 2 is 1.92 bits per heavy atom. The molecule has 0 bridgehead atoms. The number of phenolic OH excluding ortho intramolecular Hbond substituents is 1. The first-order valence-corrected chi connectivity index (χ1v) is 6.88. The van der Waals surface area contributed by atoms with Crippen molar-refractivity contribution in [2.75, 3.05) is 14.2 Å². The van der Waals surface area contributed by atoms with Gasteiger partial charge in [0.2, 0.25) is 0 Å². The molecule has 0 unspecified atom stereocenters. The van der Waals surface area contributed by atoms with Gasteiger partial charge in [-0.2, -0.15) is 0 Å². The number of carbonyl (C=O) groups excluding carboxylic acids is 1. The fourth-order valence-corrected chi connectivity index (χ4v) is 2.15. The molecule has 24 heavy (non-hydrogen) atoms. The lowest BCUT2D eigenvalue weighted by molar-refractivity contribution is -0.385. The van der Waals surface area contributed by atoms with E-state index in [-0.39, 0.29) is 28.3 Å². The number of nitro groups is 1. The summed E-state index contributed by atoms with van der Waals surface area (Å²) >= 11 is 0. The van der Waals surface area contributed by atoms with E-state index in [4.69, 9.17) is 9.47 Å². The van der Waals surface area contributed by atoms with Crippen LogP contribution >= 0.6 is 0 Å². The third-order valence-corrected chi connectivity index (χ3v) is 3.30. The number of aromatic hydroxyl groups is 1. The zero-order valence-electron chi connectivity index (χ0n) is 13.1. The van der Waals surface area contributed by atoms with Crippen molar-refractivity contribution in [3.05, 3.63) is 63.7 Å². The van der Waals surface area contributed by atoms with Gasteiger partial charge in [0.25, 0.3) is 5.69 Å². The van der Waals surface area contributed by atoms with Gasteiger partial charge in [0.15, 0.2) is 5.78 Å². The molecule has 0 spiro atoms. The van der Waals surface area contributed by atoms with Crippen LogP contribution in [0.2, 0.25) is 0 Å². The molecule has 0 aliphatic rings. The van der Waals surface area contributed by atoms with Crippen LogP contribution in [0.1, 0.15) is 15.9 Å². The van der Waals surface area contributed by atoms with Gasteiger partial charge in [-0.15, -0.1) is 0 Å². The number of allylic oxidation sites excluding steroid dienone is 1. The molecule has 0 saturated heterocycles. The molecule has 2 aromatic rings. The number of nitrogens with zero attached hydrogens (tertiary/aromatic N) is 1. The minimum atomic E-state index is -0.551. The topological polar surface area (TPSA) is 98.9 Å². The molecule has 0 aromatic heterocycles. The van der Waals surface area contributed by atoms with Crippen LogP contribution in [0.3, 0.4) is 0 Å². The summed E-state index contributed by atoms with van der Waals surface area (Å²) in [5.41, 5.74) is 0.114. The molecule has 2 aromatic carbocycles. The van der Waals surface area contributed by atoms with E-state index in [1.54, 1.807) is 6.07 Å². The van der Waals surface area contributed by atoms with E-state index < -0.39 is 10.7 Å². The molecule has 7 heteroatoms. The van der Waals surface area contributed by atoms with Gasteiger partial charge in [-0.05, 0) is 18.2 Å². The maximum atomic E-state index is 12.4. The summed E-state index contributed by atoms with van der Waals surface area (Å²) < 4.78 is 10.1. The quantitative estimate of drug-likeness (QED) is 0.378. The van der Waals surface area contributed by atoms with Crippen LogP contribution in [0, 0.1) is 10.1 Å². The van der Waals surface area contributed by atoms with Gasteiger partial charge >= 0.3 is 0 Å². The number of hydrogen-bond acceptors (Lipinski definition) is 6. The Balaban J connectivity index is 2.39. The van der Waals surface area contributed by atoms with Crippen LogP contribution in [-0.4, -0.2) is 30.0 Å². The second-order valence-corrected chi connectivity index (χ2v) is 4.74. The van der Waals surface area contributed by atoms with Crippen LogP contribution in [0.25, 0.3) is 6.08 Å². The monoisotopic (exact) mass is 329 g/mol. The number of methoxy groups -OCH3 is 2. The van der Waals surface area contributed by atoms with E-state index in [0.717, 1.165) is 6.08 Å². The standard InChI is InChI=1S/C17H15NO6/c1-23-12-9-15(20)17(16(10-12)24-2)14(19)8-7-11-5-3-4-6-13(11)18(21)22/h3-10,20H,1-2H3/b8-7+. The minimum Gasteiger partial charge on any atom is -0.507 e. The lowest BCUT2D eigenvalue weighted by atomic mass is 10.1. The number of benzene rings is 2. The number of carbonyl (C=O) groups is 1. The maximum absolute atomic E-state index is 12.4. The molecule has 0 saturated carbocycles. The van der Waals surface area contributed by atoms with Crippen LogP contribution in [0.5, 0.6) is 17.2 Å². The summed E-state index contributed by atoms with van der Waals surface area (Å²) in [4.78, 5) is 22.8. The number of rotatable bonds is 6. The Bertz CT molecular complexity index is 813. The Labute approximate surface area is 137 Å². The molecule has 0 amide bonds. The predicted octanol–water partition coefficient (Wildman–Crippen LogP) is 3.21. The summed E-state index contributed by atoms with van der Waals surface area (Å²) in [5, 5.41) is 21.0. The van der Waals surface area contributed by atoms with E-state index in [0.29, 0.717) is 5.75 Å². The van der Waals surface area contributed by atoms with Crippen LogP contribution in [0.4, 0.5) is 5.69 Å². The zero-order chi connectivity index (χ0) is 17.7. The second-order valence-electron chi connectivity index (χ2n) is 4.74. The van der Waals surface area contributed by atoms with Gasteiger partial charge in [-0.1, -0.05) is 12.1 Å². The van der Waals surface area contributed by atoms with Crippen molar-refractivity contribution in [2.45, 2.75) is 0 Å². The number of nitro benzene ring substituents is 1. The Morgan fingerprint density at radius 1 is 1.21 bits per heavy atom. The van der Waals surface area contributed by atoms with Crippen molar-refractivity contribution in [1.82, 2.24) is 0 Å². The summed E-state index contributed by atoms with van der Waals surface area (Å²) in [7, 11) is 2.78. The Kier molecular flexibility index (Phi) is 5.16. The Morgan fingerprint density at radius 3 is 2.54 bits per heavy atom. The van der Waals surface area contributed by atoms with Crippen LogP contribution in [0.15, 0.2) is 42.5 Å². The average Bonchev–Trinajstić information content (AvgIpc) is 2.58. The summed E-state index contributed by atoms with van der Waals surface area (Å²) in [5.74, 6) is -0.374. The van der Waals surface area contributed by atoms with E-state index in [1.807, 2.05) is 0 Å². The number of ether oxygens (including phenoxy) is 2. The molecule has 0 aliphatic heterocycles. The fraction of sp³-hybridized carbons (Fsp3) is 0.118. The maximum Gasteiger partial charge on any atom is 0.276 e. The second kappa shape index (κ2) is 7.28. The molecule has 0 radical (unpaired) electrons. The molecule has 0 fully saturated rings. The van der Waals surface area contributed by atoms with Crippen molar-refractivity contribution in [3.63, 3.8) is 0 Å². The van der Waals surface area contributed by atoms with E-state index in [9.17, 15) is 20.0 Å². The van der Waals surface area contributed by atoms with Crippen LogP contribution < -0.4 is 9.47 Å². The highest BCUT2D eigenvalue weighted by molar-refractivity contribution is 6.10. The zero-order valence-corrected chi connectivity index (χ0v) is 13.1. The molecule has 0 heterocycles. The van der Waals surface area contributed by atoms with Gasteiger partial charge in [0, 0.05) is 18.2 Å². The van der Waals surface area contributed by atoms with Crippen molar-refractivity contribution in [2.24, 2.45) is 0 Å². The van der Waals surface area contributed by atoms with Crippen molar-refractivity contribution >= 4 is 17.5 Å². The number of para-hydroxylation sites is 1. The third-order valence-electron chi connectivity index (χ3n) is 3.30. The van der Waals surface area contributed by atoms with E-state index in [1.165, 1.54) is 50.6 Å². The number of ketones is 1. The first kappa shape index (κ1) is 17.0. The van der Waals surface area contributed by atoms with Crippen molar-refractivity contribution in [1.29, 1.82) is 0 Å². The van der Waals surface area contributed by atoms with Crippen molar-refractivity contribution in [3.8, 4) is 17.2 Å². The summed E-state index contributed by atoms with van der Waals surface area (Å²) in [6.45, 7) is 0. The molecular formula is C17H15NO6. The third kappa shape index (κ3) is 3.52. The fourth-order valence-electron chi connectivity index (χ4n) is 2.15. The van der Waals surface area contributed by atoms with Gasteiger partial charge in [0.1, 0.15) is 22.8 Å². The normalized spacial score (nSPS) is 10.6. The SMILES string of the molecule is COc1cc(O)c(C(=O)/C=C/c2ccccc2[N+](=O)[O-])c(OC)c1. The first-order chi connectivity index (χ1) is 11.5. The lowest BCUT2D eigenvalue weighted by Gasteiger charge is -2.10. The van der Waals surface area contributed by atoms with Crippen molar-refractivity contribution < 1.29 is 24.3 Å². The number of phenols is 1. The molecule has 0 atom stereocenters. The van der Waals surface area contributed by atoms with Gasteiger partial charge in [-0.25, -0.2) is 0 Å². The molecule has 0 aliphatic carbocycles. The predicted molar refractivity (Wildman–Crippen MR) is 87.7 cm³/mol. The van der Waals surface area contributed by atoms with Crippen LogP contribution in [-0.2, 0) is 0 Å². The summed E-state index contributed by atoms with van der Waals surface area (Å²) in [6.07, 6.45) is 2.47. The molecule has 124 valence electrons.